The SMILES string of the molecule is C=C(C)[C@@H]1CC=C(CO)CC1.C=C(C)[C@H]1CC[C@@H]2COC(=O)[C@H]2C1.C=C(C)[C@H]1CC[C@H](CC)[C@@](C=O)(CC(C)=O)C1.C=CC[C@@]1(C=O)C[C@@H](C(=C)C)CC[C@@H]1CC.C=CC[C@@]12C[C@@H](C(=C)C)CC[C@@H]1COC2=O.C=CC[C@@]12C[C@@H](C(=C)C)CC[C@@H]1COC2O. The van der Waals surface area contributed by atoms with Gasteiger partial charge in [0.05, 0.1) is 37.8 Å². The summed E-state index contributed by atoms with van der Waals surface area (Å²) in [7, 11) is 0. The molecule has 3 saturated heterocycles. The largest absolute Gasteiger partial charge is 0.465 e. The van der Waals surface area contributed by atoms with E-state index in [9.17, 15) is 29.1 Å². The second-order valence-electron chi connectivity index (χ2n) is 29.3. The number of aliphatic hydroxyl groups is 2. The molecule has 0 radical (unpaired) electrons. The fraction of sp³-hybridized carbons (Fsp3) is 0.684. The Balaban J connectivity index is 0.000000229. The molecule has 0 aromatic heterocycles. The van der Waals surface area contributed by atoms with Crippen LogP contribution in [0.2, 0.25) is 0 Å². The van der Waals surface area contributed by atoms with Gasteiger partial charge in [-0.1, -0.05) is 124 Å². The molecular formula is C79H122O10. The van der Waals surface area contributed by atoms with Crippen LogP contribution in [-0.2, 0) is 38.2 Å². The second-order valence-corrected chi connectivity index (χ2v) is 29.3. The predicted octanol–water partition coefficient (Wildman–Crippen LogP) is 18.1. The number of hydrogen-bond donors (Lipinski definition) is 2. The van der Waals surface area contributed by atoms with Crippen molar-refractivity contribution in [3.63, 3.8) is 0 Å². The number of carbonyl (C=O) groups excluding carboxylic acids is 5. The maximum atomic E-state index is 12.0. The van der Waals surface area contributed by atoms with Gasteiger partial charge in [-0.05, 0) is 242 Å². The highest BCUT2D eigenvalue weighted by molar-refractivity contribution is 5.81. The van der Waals surface area contributed by atoms with Crippen LogP contribution in [0.25, 0.3) is 0 Å². The van der Waals surface area contributed by atoms with Gasteiger partial charge in [-0.15, -0.1) is 19.7 Å². The number of fused-ring (bicyclic) bond motifs is 3. The Morgan fingerprint density at radius 2 is 1.07 bits per heavy atom. The topological polar surface area (TPSA) is 154 Å². The van der Waals surface area contributed by atoms with Crippen molar-refractivity contribution in [2.24, 2.45) is 92.7 Å². The van der Waals surface area contributed by atoms with Gasteiger partial charge in [0.15, 0.2) is 6.29 Å². The smallest absolute Gasteiger partial charge is 0.312 e. The van der Waals surface area contributed by atoms with E-state index in [1.807, 2.05) is 25.2 Å². The summed E-state index contributed by atoms with van der Waals surface area (Å²) in [5, 5.41) is 18.9. The van der Waals surface area contributed by atoms with Crippen LogP contribution in [0.1, 0.15) is 216 Å². The molecule has 17 atom stereocenters. The summed E-state index contributed by atoms with van der Waals surface area (Å²) < 4.78 is 15.8. The summed E-state index contributed by atoms with van der Waals surface area (Å²) in [5.41, 5.74) is 7.52. The summed E-state index contributed by atoms with van der Waals surface area (Å²) in [5.74, 6) is 5.74. The van der Waals surface area contributed by atoms with Gasteiger partial charge in [-0.2, -0.15) is 0 Å². The lowest BCUT2D eigenvalue weighted by Gasteiger charge is -2.43. The Bertz CT molecular complexity index is 2530. The molecule has 2 N–H and O–H groups in total. The molecule has 9 rings (SSSR count). The molecule has 10 heteroatoms. The van der Waals surface area contributed by atoms with Crippen LogP contribution in [0.5, 0.6) is 0 Å². The first-order valence-electron chi connectivity index (χ1n) is 34.3. The first-order valence-corrected chi connectivity index (χ1v) is 34.3. The number of cyclic esters (lactones) is 2. The zero-order valence-electron chi connectivity index (χ0n) is 57.3. The first kappa shape index (κ1) is 76.7. The predicted molar refractivity (Wildman–Crippen MR) is 365 cm³/mol. The Morgan fingerprint density at radius 3 is 1.55 bits per heavy atom. The number of rotatable bonds is 19. The molecule has 0 bridgehead atoms. The molecule has 0 aromatic carbocycles. The van der Waals surface area contributed by atoms with Crippen LogP contribution in [0, 0.1) is 92.7 Å². The quantitative estimate of drug-likeness (QED) is 0.0726. The first-order chi connectivity index (χ1) is 42.2. The van der Waals surface area contributed by atoms with Crippen molar-refractivity contribution >= 4 is 30.3 Å². The lowest BCUT2D eigenvalue weighted by Crippen LogP contribution is -2.41. The summed E-state index contributed by atoms with van der Waals surface area (Å²) in [6, 6.07) is 0. The summed E-state index contributed by atoms with van der Waals surface area (Å²) >= 11 is 0. The lowest BCUT2D eigenvalue weighted by atomic mass is 9.60. The molecule has 8 fully saturated rings. The monoisotopic (exact) mass is 1230 g/mol. The van der Waals surface area contributed by atoms with Gasteiger partial charge in [0.25, 0.3) is 0 Å². The van der Waals surface area contributed by atoms with Crippen LogP contribution >= 0.6 is 0 Å². The maximum absolute atomic E-state index is 12.0. The summed E-state index contributed by atoms with van der Waals surface area (Å²) in [6.45, 7) is 56.0. The van der Waals surface area contributed by atoms with Crippen LogP contribution in [0.3, 0.4) is 0 Å². The normalized spacial score (nSPS) is 35.6. The zero-order chi connectivity index (χ0) is 66.4. The molecular weight excluding hydrogens is 1110 g/mol. The number of allylic oxidation sites excluding steroid dienone is 10. The third-order valence-corrected chi connectivity index (χ3v) is 23.2. The Kier molecular flexibility index (Phi) is 30.9. The Hall–Kier alpha value is -4.77. The number of aldehydes is 2. The van der Waals surface area contributed by atoms with Crippen molar-refractivity contribution in [3.05, 3.63) is 123 Å². The number of esters is 2. The molecule has 498 valence electrons. The molecule has 0 spiro atoms. The molecule has 9 aliphatic rings. The number of Topliss-reactive ketones (excluding diaryl/α,β-unsaturated/α-hetero) is 1. The number of ketones is 1. The third-order valence-electron chi connectivity index (χ3n) is 23.2. The van der Waals surface area contributed by atoms with Gasteiger partial charge in [0.1, 0.15) is 18.4 Å². The molecule has 89 heavy (non-hydrogen) atoms. The minimum atomic E-state index is -0.613. The van der Waals surface area contributed by atoms with Crippen molar-refractivity contribution < 1.29 is 48.4 Å². The van der Waals surface area contributed by atoms with Gasteiger partial charge < -0.3 is 34.0 Å². The van der Waals surface area contributed by atoms with Gasteiger partial charge in [0, 0.05) is 34.5 Å². The number of carbonyl (C=O) groups is 5. The van der Waals surface area contributed by atoms with Gasteiger partial charge in [-0.3, -0.25) is 14.4 Å². The fourth-order valence-corrected chi connectivity index (χ4v) is 17.0. The molecule has 0 amide bonds. The molecule has 0 aromatic rings. The van der Waals surface area contributed by atoms with Crippen LogP contribution in [-0.4, -0.2) is 73.2 Å². The minimum Gasteiger partial charge on any atom is -0.465 e. The Labute approximate surface area is 540 Å². The number of hydrogen-bond acceptors (Lipinski definition) is 10. The average Bonchev–Trinajstić information content (AvgIpc) is 2.31. The van der Waals surface area contributed by atoms with Crippen molar-refractivity contribution in [3.8, 4) is 0 Å². The molecule has 3 heterocycles. The number of ether oxygens (including phenoxy) is 3. The fourth-order valence-electron chi connectivity index (χ4n) is 17.0. The van der Waals surface area contributed by atoms with Crippen LogP contribution in [0.4, 0.5) is 0 Å². The van der Waals surface area contributed by atoms with E-state index >= 15 is 0 Å². The maximum Gasteiger partial charge on any atom is 0.312 e. The van der Waals surface area contributed by atoms with Crippen molar-refractivity contribution in [2.75, 3.05) is 26.4 Å². The minimum absolute atomic E-state index is 0.0108. The number of aliphatic hydroxyl groups excluding tert-OH is 2. The standard InChI is InChI=1S/C15H24O2.C15H24O.C14H22O2.C14H20O2.C11H16O2.C10H16O/c1-5-14-7-6-13(11(2)3)9-15(14,10-16)8-12(4)17;1-5-9-15(11-16)10-13(12(3)4)7-8-14(15)6-2;2*1-4-7-14-8-11(10(2)3)5-6-12(14)9-16-13(14)15;1-7(2)8-3-4-9-6-13-11(12)10(9)5-8;1-8(2)10-5-3-9(7-11)4-6-10/h10,13-14H,2,5-9H2,1,3-4H3;5,11,13-14H,1,3,6-10H2,2,4H3;4,11-13,15H,1-2,5-9H2,3H3;4,11-12H,1-2,5-9H2,3H3;8-10H,1,3-6H2,2H3;3,10-11H,1,4-7H2,2H3/t2*13-,14-,15-;11-,12+,13?,14+;11-,12+,14+;8-,9+,10-;10-/m000001/s1. The Morgan fingerprint density at radius 1 is 0.573 bits per heavy atom. The molecule has 1 unspecified atom stereocenters. The molecule has 5 saturated carbocycles. The highest BCUT2D eigenvalue weighted by Gasteiger charge is 2.55. The summed E-state index contributed by atoms with van der Waals surface area (Å²) in [6.07, 6.45) is 33.7. The highest BCUT2D eigenvalue weighted by atomic mass is 16.6. The van der Waals surface area contributed by atoms with E-state index in [-0.39, 0.29) is 46.5 Å². The van der Waals surface area contributed by atoms with Crippen molar-refractivity contribution in [1.82, 2.24) is 0 Å². The van der Waals surface area contributed by atoms with E-state index < -0.39 is 11.7 Å². The zero-order valence-corrected chi connectivity index (χ0v) is 57.3. The van der Waals surface area contributed by atoms with E-state index in [0.29, 0.717) is 91.3 Å². The van der Waals surface area contributed by atoms with Gasteiger partial charge >= 0.3 is 11.9 Å². The van der Waals surface area contributed by atoms with Gasteiger partial charge in [0.2, 0.25) is 0 Å². The highest BCUT2D eigenvalue weighted by Crippen LogP contribution is 2.56. The van der Waals surface area contributed by atoms with E-state index in [4.69, 9.17) is 19.3 Å². The third kappa shape index (κ3) is 19.9. The molecule has 10 nitrogen and oxygen atoms in total. The van der Waals surface area contributed by atoms with Crippen molar-refractivity contribution in [2.45, 2.75) is 223 Å². The van der Waals surface area contributed by atoms with Crippen LogP contribution in [0.15, 0.2) is 123 Å². The van der Waals surface area contributed by atoms with Crippen molar-refractivity contribution in [1.29, 1.82) is 0 Å². The van der Waals surface area contributed by atoms with E-state index in [1.54, 1.807) is 6.92 Å². The van der Waals surface area contributed by atoms with Crippen LogP contribution < -0.4 is 0 Å². The van der Waals surface area contributed by atoms with E-state index in [2.05, 4.69) is 114 Å². The van der Waals surface area contributed by atoms with E-state index in [1.165, 1.54) is 65.4 Å². The van der Waals surface area contributed by atoms with Gasteiger partial charge in [-0.25, -0.2) is 0 Å². The molecule has 3 aliphatic heterocycles. The average molecular weight is 1230 g/mol. The second kappa shape index (κ2) is 35.9. The van der Waals surface area contributed by atoms with E-state index in [0.717, 1.165) is 134 Å². The summed E-state index contributed by atoms with van der Waals surface area (Å²) in [4.78, 5) is 57.9. The molecule has 6 aliphatic carbocycles. The lowest BCUT2D eigenvalue weighted by molar-refractivity contribution is -0.148.